The fourth-order valence-electron chi connectivity index (χ4n) is 3.11. The summed E-state index contributed by atoms with van der Waals surface area (Å²) in [7, 11) is 1.61. The minimum atomic E-state index is -0.901. The molecular weight excluding hydrogens is 398 g/mol. The zero-order chi connectivity index (χ0) is 22.2. The molecule has 0 bridgehead atoms. The minimum absolute atomic E-state index is 0.0311. The largest absolute Gasteiger partial charge is 0.497 e. The maximum atomic E-state index is 12.2. The SMILES string of the molecule is COc1ccc(CCNC(=O)C(C)OC(=O)CCn2ncc(=O)c3ccccc32)cc1. The molecule has 0 radical (unpaired) electrons. The number of aromatic nitrogens is 2. The van der Waals surface area contributed by atoms with Crippen LogP contribution in [0.4, 0.5) is 0 Å². The van der Waals surface area contributed by atoms with Gasteiger partial charge >= 0.3 is 5.97 Å². The quantitative estimate of drug-likeness (QED) is 0.529. The summed E-state index contributed by atoms with van der Waals surface area (Å²) >= 11 is 0. The van der Waals surface area contributed by atoms with Crippen LogP contribution in [-0.4, -0.2) is 41.4 Å². The van der Waals surface area contributed by atoms with Gasteiger partial charge in [-0.2, -0.15) is 5.10 Å². The van der Waals surface area contributed by atoms with E-state index in [1.807, 2.05) is 24.3 Å². The number of hydrogen-bond donors (Lipinski definition) is 1. The van der Waals surface area contributed by atoms with E-state index in [1.165, 1.54) is 13.1 Å². The number of ether oxygens (including phenoxy) is 2. The van der Waals surface area contributed by atoms with Gasteiger partial charge < -0.3 is 14.8 Å². The Morgan fingerprint density at radius 2 is 1.87 bits per heavy atom. The van der Waals surface area contributed by atoms with E-state index >= 15 is 0 Å². The summed E-state index contributed by atoms with van der Waals surface area (Å²) in [6.45, 7) is 2.21. The van der Waals surface area contributed by atoms with Gasteiger partial charge in [-0.1, -0.05) is 24.3 Å². The molecule has 8 nitrogen and oxygen atoms in total. The first-order valence-electron chi connectivity index (χ1n) is 10.0. The summed E-state index contributed by atoms with van der Waals surface area (Å²) in [5.74, 6) is -0.0881. The van der Waals surface area contributed by atoms with E-state index in [-0.39, 0.29) is 24.3 Å². The van der Waals surface area contributed by atoms with Crippen LogP contribution < -0.4 is 15.5 Å². The predicted octanol–water partition coefficient (Wildman–Crippen LogP) is 2.09. The lowest BCUT2D eigenvalue weighted by atomic mass is 10.1. The average molecular weight is 423 g/mol. The van der Waals surface area contributed by atoms with E-state index in [4.69, 9.17) is 9.47 Å². The van der Waals surface area contributed by atoms with Gasteiger partial charge in [0.15, 0.2) is 6.10 Å². The Balaban J connectivity index is 1.45. The molecule has 1 N–H and O–H groups in total. The first-order valence-corrected chi connectivity index (χ1v) is 10.0. The molecule has 31 heavy (non-hydrogen) atoms. The Labute approximate surface area is 179 Å². The molecule has 0 saturated heterocycles. The van der Waals surface area contributed by atoms with Gasteiger partial charge in [-0.25, -0.2) is 0 Å². The van der Waals surface area contributed by atoms with Crippen LogP contribution in [0.2, 0.25) is 0 Å². The Morgan fingerprint density at radius 1 is 1.13 bits per heavy atom. The molecule has 3 rings (SSSR count). The summed E-state index contributed by atoms with van der Waals surface area (Å²) in [5.41, 5.74) is 1.54. The van der Waals surface area contributed by atoms with Crippen LogP contribution in [0.25, 0.3) is 10.9 Å². The molecular formula is C23H25N3O5. The molecule has 0 aliphatic carbocycles. The number of rotatable bonds is 9. The van der Waals surface area contributed by atoms with Crippen LogP contribution in [0.5, 0.6) is 5.75 Å². The number of para-hydroxylation sites is 1. The van der Waals surface area contributed by atoms with Crippen molar-refractivity contribution in [3.05, 3.63) is 70.5 Å². The molecule has 162 valence electrons. The molecule has 0 spiro atoms. The third-order valence-corrected chi connectivity index (χ3v) is 4.84. The highest BCUT2D eigenvalue weighted by Crippen LogP contribution is 2.11. The van der Waals surface area contributed by atoms with Crippen molar-refractivity contribution in [2.45, 2.75) is 32.4 Å². The Kier molecular flexibility index (Phi) is 7.37. The zero-order valence-electron chi connectivity index (χ0n) is 17.5. The van der Waals surface area contributed by atoms with E-state index in [2.05, 4.69) is 10.4 Å². The van der Waals surface area contributed by atoms with Crippen LogP contribution in [0.1, 0.15) is 18.9 Å². The summed E-state index contributed by atoms with van der Waals surface area (Å²) < 4.78 is 11.9. The highest BCUT2D eigenvalue weighted by Gasteiger charge is 2.17. The Morgan fingerprint density at radius 3 is 2.61 bits per heavy atom. The Hall–Kier alpha value is -3.68. The van der Waals surface area contributed by atoms with Crippen LogP contribution in [0, 0.1) is 0 Å². The maximum absolute atomic E-state index is 12.2. The zero-order valence-corrected chi connectivity index (χ0v) is 17.5. The lowest BCUT2D eigenvalue weighted by molar-refractivity contribution is -0.155. The first-order chi connectivity index (χ1) is 15.0. The van der Waals surface area contributed by atoms with Crippen LogP contribution in [-0.2, 0) is 27.3 Å². The summed E-state index contributed by atoms with van der Waals surface area (Å²) in [6, 6.07) is 14.7. The monoisotopic (exact) mass is 423 g/mol. The number of aryl methyl sites for hydroxylation is 1. The number of hydrogen-bond acceptors (Lipinski definition) is 6. The van der Waals surface area contributed by atoms with E-state index in [9.17, 15) is 14.4 Å². The van der Waals surface area contributed by atoms with Crippen LogP contribution in [0.15, 0.2) is 59.5 Å². The number of nitrogens with one attached hydrogen (secondary N) is 1. The van der Waals surface area contributed by atoms with E-state index < -0.39 is 12.1 Å². The summed E-state index contributed by atoms with van der Waals surface area (Å²) in [6.07, 6.45) is 1.01. The molecule has 2 aromatic carbocycles. The number of fused-ring (bicyclic) bond motifs is 1. The number of amides is 1. The van der Waals surface area contributed by atoms with Gasteiger partial charge in [0.1, 0.15) is 5.75 Å². The topological polar surface area (TPSA) is 99.5 Å². The number of esters is 1. The van der Waals surface area contributed by atoms with Crippen molar-refractivity contribution >= 4 is 22.8 Å². The first kappa shape index (κ1) is 22.0. The average Bonchev–Trinajstić information content (AvgIpc) is 2.79. The normalized spacial score (nSPS) is 11.7. The smallest absolute Gasteiger partial charge is 0.308 e. The molecule has 8 heteroatoms. The van der Waals surface area contributed by atoms with Gasteiger partial charge in [-0.15, -0.1) is 0 Å². The summed E-state index contributed by atoms with van der Waals surface area (Å²) in [5, 5.41) is 7.39. The van der Waals surface area contributed by atoms with Gasteiger partial charge in [-0.05, 0) is 43.2 Å². The fraction of sp³-hybridized carbons (Fsp3) is 0.304. The van der Waals surface area contributed by atoms with Crippen LogP contribution >= 0.6 is 0 Å². The van der Waals surface area contributed by atoms with Crippen LogP contribution in [0.3, 0.4) is 0 Å². The third-order valence-electron chi connectivity index (χ3n) is 4.84. The number of carbonyl (C=O) groups excluding carboxylic acids is 2. The molecule has 0 fully saturated rings. The molecule has 0 aliphatic rings. The molecule has 1 atom stereocenters. The van der Waals surface area contributed by atoms with E-state index in [1.54, 1.807) is 36.1 Å². The number of carbonyl (C=O) groups is 2. The number of nitrogens with zero attached hydrogens (tertiary/aromatic N) is 2. The number of benzene rings is 2. The fourth-order valence-corrected chi connectivity index (χ4v) is 3.11. The van der Waals surface area contributed by atoms with Gasteiger partial charge in [0.25, 0.3) is 5.91 Å². The van der Waals surface area contributed by atoms with Gasteiger partial charge in [0.05, 0.1) is 31.8 Å². The minimum Gasteiger partial charge on any atom is -0.497 e. The lowest BCUT2D eigenvalue weighted by Gasteiger charge is -2.14. The molecule has 1 heterocycles. The molecule has 0 saturated carbocycles. The Bertz CT molecular complexity index is 1110. The van der Waals surface area contributed by atoms with Crippen molar-refractivity contribution in [3.8, 4) is 5.75 Å². The second-order valence-corrected chi connectivity index (χ2v) is 7.02. The van der Waals surface area contributed by atoms with Gasteiger partial charge in [0, 0.05) is 11.9 Å². The van der Waals surface area contributed by atoms with Crippen molar-refractivity contribution in [3.63, 3.8) is 0 Å². The second-order valence-electron chi connectivity index (χ2n) is 7.02. The highest BCUT2D eigenvalue weighted by atomic mass is 16.5. The number of methoxy groups -OCH3 is 1. The molecule has 1 unspecified atom stereocenters. The third kappa shape index (κ3) is 5.91. The van der Waals surface area contributed by atoms with E-state index in [0.29, 0.717) is 23.9 Å². The predicted molar refractivity (Wildman–Crippen MR) is 116 cm³/mol. The molecule has 1 amide bonds. The molecule has 3 aromatic rings. The van der Waals surface area contributed by atoms with Crippen molar-refractivity contribution in [1.82, 2.24) is 15.1 Å². The maximum Gasteiger partial charge on any atom is 0.308 e. The lowest BCUT2D eigenvalue weighted by Crippen LogP contribution is -2.37. The standard InChI is InChI=1S/C23H25N3O5/c1-16(23(29)24-13-11-17-7-9-18(30-2)10-8-17)31-22(28)12-14-26-20-6-4-3-5-19(20)21(27)15-25-26/h3-10,15-16H,11-14H2,1-2H3,(H,24,29). The summed E-state index contributed by atoms with van der Waals surface area (Å²) in [4.78, 5) is 36.2. The van der Waals surface area contributed by atoms with E-state index in [0.717, 1.165) is 11.3 Å². The van der Waals surface area contributed by atoms with Crippen molar-refractivity contribution in [2.24, 2.45) is 0 Å². The highest BCUT2D eigenvalue weighted by molar-refractivity contribution is 5.83. The van der Waals surface area contributed by atoms with Gasteiger partial charge in [0.2, 0.25) is 5.43 Å². The molecule has 0 aliphatic heterocycles. The van der Waals surface area contributed by atoms with Crippen molar-refractivity contribution in [2.75, 3.05) is 13.7 Å². The van der Waals surface area contributed by atoms with Crippen molar-refractivity contribution < 1.29 is 19.1 Å². The second kappa shape index (κ2) is 10.4. The van der Waals surface area contributed by atoms with Gasteiger partial charge in [-0.3, -0.25) is 19.1 Å². The van der Waals surface area contributed by atoms with Crippen molar-refractivity contribution in [1.29, 1.82) is 0 Å². The molecule has 1 aromatic heterocycles.